The van der Waals surface area contributed by atoms with Crippen LogP contribution in [0.3, 0.4) is 0 Å². The van der Waals surface area contributed by atoms with Gasteiger partial charge >= 0.3 is 5.97 Å². The Morgan fingerprint density at radius 2 is 1.90 bits per heavy atom. The number of carbonyl (C=O) groups is 2. The van der Waals surface area contributed by atoms with E-state index in [0.717, 1.165) is 0 Å². The second-order valence-electron chi connectivity index (χ2n) is 4.66. The van der Waals surface area contributed by atoms with Gasteiger partial charge in [0.1, 0.15) is 6.04 Å². The molecule has 0 aromatic carbocycles. The summed E-state index contributed by atoms with van der Waals surface area (Å²) in [5.41, 5.74) is 15.8. The number of aliphatic carboxylic acids is 1. The SMILES string of the molecule is NCCCC(CS)C(=O)N[C@@H](CCCN=C(N)N)C(=O)O. The molecular formula is C12H25N5O3S. The number of nitrogens with one attached hydrogen (secondary N) is 1. The molecular weight excluding hydrogens is 294 g/mol. The van der Waals surface area contributed by atoms with Crippen molar-refractivity contribution < 1.29 is 14.7 Å². The molecule has 122 valence electrons. The van der Waals surface area contributed by atoms with E-state index >= 15 is 0 Å². The zero-order valence-electron chi connectivity index (χ0n) is 12.0. The van der Waals surface area contributed by atoms with E-state index in [-0.39, 0.29) is 24.2 Å². The highest BCUT2D eigenvalue weighted by atomic mass is 32.1. The summed E-state index contributed by atoms with van der Waals surface area (Å²) in [5.74, 6) is -1.41. The molecule has 0 aliphatic rings. The van der Waals surface area contributed by atoms with Crippen LogP contribution >= 0.6 is 12.6 Å². The minimum Gasteiger partial charge on any atom is -0.480 e. The molecule has 0 saturated carbocycles. The van der Waals surface area contributed by atoms with Gasteiger partial charge in [-0.2, -0.15) is 12.6 Å². The van der Waals surface area contributed by atoms with E-state index in [4.69, 9.17) is 22.3 Å². The highest BCUT2D eigenvalue weighted by Crippen LogP contribution is 2.09. The fourth-order valence-electron chi connectivity index (χ4n) is 1.72. The van der Waals surface area contributed by atoms with Crippen LogP contribution in [-0.4, -0.2) is 47.8 Å². The molecule has 0 heterocycles. The first-order valence-corrected chi connectivity index (χ1v) is 7.45. The predicted octanol–water partition coefficient (Wildman–Crippen LogP) is -1.11. The first kappa shape index (κ1) is 19.5. The van der Waals surface area contributed by atoms with Crippen molar-refractivity contribution in [2.75, 3.05) is 18.8 Å². The maximum absolute atomic E-state index is 12.0. The van der Waals surface area contributed by atoms with E-state index in [9.17, 15) is 9.59 Å². The second-order valence-corrected chi connectivity index (χ2v) is 5.02. The Bertz CT molecular complexity index is 361. The van der Waals surface area contributed by atoms with Crippen molar-refractivity contribution in [3.8, 4) is 0 Å². The fourth-order valence-corrected chi connectivity index (χ4v) is 2.07. The molecule has 0 aliphatic heterocycles. The number of hydrogen-bond acceptors (Lipinski definition) is 5. The molecule has 0 radical (unpaired) electrons. The third-order valence-corrected chi connectivity index (χ3v) is 3.35. The average molecular weight is 319 g/mol. The number of hydrogen-bond donors (Lipinski definition) is 6. The molecule has 0 rings (SSSR count). The summed E-state index contributed by atoms with van der Waals surface area (Å²) in [6.45, 7) is 0.809. The van der Waals surface area contributed by atoms with Crippen molar-refractivity contribution >= 4 is 30.5 Å². The molecule has 1 unspecified atom stereocenters. The lowest BCUT2D eigenvalue weighted by Gasteiger charge is -2.19. The zero-order valence-corrected chi connectivity index (χ0v) is 12.9. The van der Waals surface area contributed by atoms with Gasteiger partial charge in [0.2, 0.25) is 5.91 Å². The summed E-state index contributed by atoms with van der Waals surface area (Å²) in [4.78, 5) is 26.9. The van der Waals surface area contributed by atoms with Crippen molar-refractivity contribution in [1.82, 2.24) is 5.32 Å². The maximum Gasteiger partial charge on any atom is 0.326 e. The molecule has 8 nitrogen and oxygen atoms in total. The van der Waals surface area contributed by atoms with Gasteiger partial charge in [-0.15, -0.1) is 0 Å². The van der Waals surface area contributed by atoms with Gasteiger partial charge in [-0.05, 0) is 32.2 Å². The first-order valence-electron chi connectivity index (χ1n) is 6.81. The standard InChI is InChI=1S/C12H25N5O3S/c13-5-1-3-8(7-21)10(18)17-9(11(19)20)4-2-6-16-12(14)15/h8-9,21H,1-7,13H2,(H,17,18)(H,19,20)(H4,14,15,16)/t8?,9-/m0/s1. The molecule has 0 aromatic rings. The van der Waals surface area contributed by atoms with Gasteiger partial charge < -0.3 is 27.6 Å². The van der Waals surface area contributed by atoms with Crippen LogP contribution in [0.1, 0.15) is 25.7 Å². The summed E-state index contributed by atoms with van der Waals surface area (Å²) in [5, 5.41) is 11.6. The normalized spacial score (nSPS) is 13.2. The average Bonchev–Trinajstić information content (AvgIpc) is 2.42. The molecule has 21 heavy (non-hydrogen) atoms. The van der Waals surface area contributed by atoms with Crippen LogP contribution < -0.4 is 22.5 Å². The third-order valence-electron chi connectivity index (χ3n) is 2.91. The van der Waals surface area contributed by atoms with Gasteiger partial charge in [-0.1, -0.05) is 0 Å². The number of carbonyl (C=O) groups excluding carboxylic acids is 1. The Hall–Kier alpha value is -1.48. The van der Waals surface area contributed by atoms with E-state index in [1.54, 1.807) is 0 Å². The first-order chi connectivity index (χ1) is 9.92. The van der Waals surface area contributed by atoms with Crippen LogP contribution in [-0.2, 0) is 9.59 Å². The van der Waals surface area contributed by atoms with Gasteiger partial charge in [0, 0.05) is 18.2 Å². The lowest BCUT2D eigenvalue weighted by atomic mass is 10.0. The highest BCUT2D eigenvalue weighted by molar-refractivity contribution is 7.80. The van der Waals surface area contributed by atoms with Gasteiger partial charge in [0.25, 0.3) is 0 Å². The molecule has 0 aromatic heterocycles. The van der Waals surface area contributed by atoms with Crippen molar-refractivity contribution in [2.24, 2.45) is 28.1 Å². The summed E-state index contributed by atoms with van der Waals surface area (Å²) in [6.07, 6.45) is 2.00. The van der Waals surface area contributed by atoms with Gasteiger partial charge in [0.05, 0.1) is 0 Å². The zero-order chi connectivity index (χ0) is 16.3. The lowest BCUT2D eigenvalue weighted by Crippen LogP contribution is -2.44. The molecule has 1 amide bonds. The Morgan fingerprint density at radius 3 is 2.38 bits per heavy atom. The van der Waals surface area contributed by atoms with Gasteiger partial charge in [-0.3, -0.25) is 9.79 Å². The van der Waals surface area contributed by atoms with Crippen molar-refractivity contribution in [1.29, 1.82) is 0 Å². The Kier molecular flexibility index (Phi) is 10.4. The van der Waals surface area contributed by atoms with Crippen molar-refractivity contribution in [3.05, 3.63) is 0 Å². The Morgan fingerprint density at radius 1 is 1.24 bits per heavy atom. The quantitative estimate of drug-likeness (QED) is 0.123. The number of amides is 1. The number of rotatable bonds is 11. The molecule has 0 fully saturated rings. The summed E-state index contributed by atoms with van der Waals surface area (Å²) < 4.78 is 0. The third kappa shape index (κ3) is 9.14. The Labute approximate surface area is 129 Å². The van der Waals surface area contributed by atoms with E-state index in [1.807, 2.05) is 0 Å². The Balaban J connectivity index is 4.37. The topological polar surface area (TPSA) is 157 Å². The number of carboxylic acid groups (broad SMARTS) is 1. The van der Waals surface area contributed by atoms with E-state index in [0.29, 0.717) is 38.1 Å². The fraction of sp³-hybridized carbons (Fsp3) is 0.750. The van der Waals surface area contributed by atoms with E-state index in [1.165, 1.54) is 0 Å². The minimum atomic E-state index is -1.08. The maximum atomic E-state index is 12.0. The number of nitrogens with two attached hydrogens (primary N) is 3. The summed E-state index contributed by atoms with van der Waals surface area (Å²) in [6, 6.07) is -0.952. The molecule has 0 bridgehead atoms. The van der Waals surface area contributed by atoms with Crippen LogP contribution in [0.25, 0.3) is 0 Å². The van der Waals surface area contributed by atoms with Crippen LogP contribution in [0.2, 0.25) is 0 Å². The van der Waals surface area contributed by atoms with Gasteiger partial charge in [0.15, 0.2) is 5.96 Å². The monoisotopic (exact) mass is 319 g/mol. The highest BCUT2D eigenvalue weighted by Gasteiger charge is 2.23. The number of carboxylic acids is 1. The lowest BCUT2D eigenvalue weighted by molar-refractivity contribution is -0.142. The predicted molar refractivity (Wildman–Crippen MR) is 85.1 cm³/mol. The van der Waals surface area contributed by atoms with E-state index in [2.05, 4.69) is 22.9 Å². The minimum absolute atomic E-state index is 0.0390. The number of guanidine groups is 1. The molecule has 0 aliphatic carbocycles. The second kappa shape index (κ2) is 11.2. The van der Waals surface area contributed by atoms with Crippen molar-refractivity contribution in [2.45, 2.75) is 31.7 Å². The largest absolute Gasteiger partial charge is 0.480 e. The number of aliphatic imine (C=N–C) groups is 1. The van der Waals surface area contributed by atoms with Crippen molar-refractivity contribution in [3.63, 3.8) is 0 Å². The molecule has 9 heteroatoms. The van der Waals surface area contributed by atoms with Crippen LogP contribution in [0.4, 0.5) is 0 Å². The van der Waals surface area contributed by atoms with Crippen LogP contribution in [0.15, 0.2) is 4.99 Å². The molecule has 8 N–H and O–H groups in total. The summed E-state index contributed by atoms with van der Waals surface area (Å²) >= 11 is 4.12. The van der Waals surface area contributed by atoms with Crippen LogP contribution in [0.5, 0.6) is 0 Å². The number of thiol groups is 1. The summed E-state index contributed by atoms with van der Waals surface area (Å²) in [7, 11) is 0. The van der Waals surface area contributed by atoms with Crippen LogP contribution in [0, 0.1) is 5.92 Å². The smallest absolute Gasteiger partial charge is 0.326 e. The molecule has 0 saturated heterocycles. The van der Waals surface area contributed by atoms with E-state index < -0.39 is 12.0 Å². The molecule has 0 spiro atoms. The number of nitrogens with zero attached hydrogens (tertiary/aromatic N) is 1. The molecule has 2 atom stereocenters. The van der Waals surface area contributed by atoms with Gasteiger partial charge in [-0.25, -0.2) is 4.79 Å².